The minimum Gasteiger partial charge on any atom is -0.329 e. The first-order chi connectivity index (χ1) is 9.49. The van der Waals surface area contributed by atoms with Gasteiger partial charge in [0.05, 0.1) is 0 Å². The highest BCUT2D eigenvalue weighted by atomic mass is 79.9. The van der Waals surface area contributed by atoms with Crippen LogP contribution < -0.4 is 5.73 Å². The maximum Gasteiger partial charge on any atom is 0.0485 e. The smallest absolute Gasteiger partial charge is 0.0485 e. The van der Waals surface area contributed by atoms with Gasteiger partial charge in [-0.1, -0.05) is 34.5 Å². The number of hydrogen-bond acceptors (Lipinski definition) is 3. The highest BCUT2D eigenvalue weighted by molar-refractivity contribution is 9.10. The van der Waals surface area contributed by atoms with E-state index in [2.05, 4.69) is 52.8 Å². The van der Waals surface area contributed by atoms with Gasteiger partial charge in [-0.05, 0) is 57.4 Å². The van der Waals surface area contributed by atoms with Crippen LogP contribution in [0.25, 0.3) is 0 Å². The number of nitrogens with zero attached hydrogens (tertiary/aromatic N) is 2. The van der Waals surface area contributed by atoms with E-state index < -0.39 is 0 Å². The first kappa shape index (κ1) is 17.9. The second kappa shape index (κ2) is 9.00. The minimum atomic E-state index is 0.173. The first-order valence-corrected chi connectivity index (χ1v) is 8.20. The molecular formula is C15H25BrClN3. The summed E-state index contributed by atoms with van der Waals surface area (Å²) in [7, 11) is 4.20. The number of likely N-dealkylation sites (N-methyl/N-ethyl adjacent to an activating group) is 1. The van der Waals surface area contributed by atoms with Gasteiger partial charge in [-0.25, -0.2) is 0 Å². The van der Waals surface area contributed by atoms with E-state index in [1.807, 2.05) is 12.1 Å². The quantitative estimate of drug-likeness (QED) is 0.769. The Balaban J connectivity index is 2.82. The number of nitrogens with two attached hydrogens (primary N) is 1. The molecule has 0 aliphatic rings. The Morgan fingerprint density at radius 3 is 2.55 bits per heavy atom. The largest absolute Gasteiger partial charge is 0.329 e. The van der Waals surface area contributed by atoms with Crippen molar-refractivity contribution in [1.82, 2.24) is 9.80 Å². The predicted octanol–water partition coefficient (Wildman–Crippen LogP) is 3.38. The van der Waals surface area contributed by atoms with E-state index >= 15 is 0 Å². The summed E-state index contributed by atoms with van der Waals surface area (Å²) in [6, 6.07) is 6.14. The van der Waals surface area contributed by atoms with Crippen molar-refractivity contribution in [2.45, 2.75) is 19.4 Å². The van der Waals surface area contributed by atoms with Crippen LogP contribution in [-0.2, 0) is 0 Å². The molecule has 1 aromatic rings. The van der Waals surface area contributed by atoms with Gasteiger partial charge in [-0.3, -0.25) is 4.90 Å². The van der Waals surface area contributed by atoms with Gasteiger partial charge in [0.1, 0.15) is 0 Å². The molecule has 0 fully saturated rings. The lowest BCUT2D eigenvalue weighted by molar-refractivity contribution is 0.201. The molecule has 0 radical (unpaired) electrons. The second-order valence-corrected chi connectivity index (χ2v) is 6.53. The van der Waals surface area contributed by atoms with E-state index in [4.69, 9.17) is 17.3 Å². The van der Waals surface area contributed by atoms with E-state index in [0.29, 0.717) is 6.54 Å². The van der Waals surface area contributed by atoms with E-state index in [0.717, 1.165) is 41.1 Å². The van der Waals surface area contributed by atoms with Crippen LogP contribution in [-0.4, -0.2) is 50.1 Å². The summed E-state index contributed by atoms with van der Waals surface area (Å²) in [4.78, 5) is 4.61. The van der Waals surface area contributed by atoms with Gasteiger partial charge in [-0.15, -0.1) is 0 Å². The van der Waals surface area contributed by atoms with Gasteiger partial charge >= 0.3 is 0 Å². The van der Waals surface area contributed by atoms with E-state index in [9.17, 15) is 0 Å². The maximum atomic E-state index is 6.34. The zero-order valence-electron chi connectivity index (χ0n) is 12.6. The molecule has 0 heterocycles. The summed E-state index contributed by atoms with van der Waals surface area (Å²) in [5.74, 6) is 0. The number of hydrogen-bond donors (Lipinski definition) is 1. The lowest BCUT2D eigenvalue weighted by atomic mass is 10.0. The fourth-order valence-electron chi connectivity index (χ4n) is 2.37. The maximum absolute atomic E-state index is 6.34. The summed E-state index contributed by atoms with van der Waals surface area (Å²) < 4.78 is 1.04. The van der Waals surface area contributed by atoms with Crippen molar-refractivity contribution in [3.05, 3.63) is 33.3 Å². The lowest BCUT2D eigenvalue weighted by Gasteiger charge is -2.31. The summed E-state index contributed by atoms with van der Waals surface area (Å²) in [5, 5.41) is 0.787. The predicted molar refractivity (Wildman–Crippen MR) is 91.4 cm³/mol. The molecule has 0 aromatic heterocycles. The van der Waals surface area contributed by atoms with Crippen LogP contribution in [0.3, 0.4) is 0 Å². The summed E-state index contributed by atoms with van der Waals surface area (Å²) in [5.41, 5.74) is 7.11. The Kier molecular flexibility index (Phi) is 8.07. The van der Waals surface area contributed by atoms with Crippen LogP contribution in [0.5, 0.6) is 0 Å². The summed E-state index contributed by atoms with van der Waals surface area (Å²) >= 11 is 9.86. The third kappa shape index (κ3) is 5.34. The van der Waals surface area contributed by atoms with Crippen LogP contribution in [0.1, 0.15) is 24.9 Å². The van der Waals surface area contributed by atoms with Gasteiger partial charge in [0.15, 0.2) is 0 Å². The average molecular weight is 363 g/mol. The minimum absolute atomic E-state index is 0.173. The Labute approximate surface area is 136 Å². The number of rotatable bonds is 8. The summed E-state index contributed by atoms with van der Waals surface area (Å²) in [6.45, 7) is 5.83. The molecule has 0 amide bonds. The highest BCUT2D eigenvalue weighted by Gasteiger charge is 2.20. The molecule has 20 heavy (non-hydrogen) atoms. The molecule has 1 unspecified atom stereocenters. The molecule has 0 bridgehead atoms. The van der Waals surface area contributed by atoms with Crippen molar-refractivity contribution in [3.8, 4) is 0 Å². The first-order valence-electron chi connectivity index (χ1n) is 7.03. The third-order valence-electron chi connectivity index (χ3n) is 3.44. The molecule has 0 aliphatic heterocycles. The molecule has 0 saturated heterocycles. The highest BCUT2D eigenvalue weighted by Crippen LogP contribution is 2.29. The van der Waals surface area contributed by atoms with Crippen molar-refractivity contribution in [1.29, 1.82) is 0 Å². The molecule has 0 spiro atoms. The topological polar surface area (TPSA) is 32.5 Å². The molecule has 0 aliphatic carbocycles. The van der Waals surface area contributed by atoms with E-state index in [1.54, 1.807) is 0 Å². The molecular weight excluding hydrogens is 338 g/mol. The fraction of sp³-hybridized carbons (Fsp3) is 0.600. The Hall–Kier alpha value is -0.130. The van der Waals surface area contributed by atoms with Crippen molar-refractivity contribution in [2.75, 3.05) is 40.3 Å². The Morgan fingerprint density at radius 1 is 1.30 bits per heavy atom. The lowest BCUT2D eigenvalue weighted by Crippen LogP contribution is -2.35. The van der Waals surface area contributed by atoms with Gasteiger partial charge in [-0.2, -0.15) is 0 Å². The van der Waals surface area contributed by atoms with E-state index in [-0.39, 0.29) is 6.04 Å². The zero-order chi connectivity index (χ0) is 15.1. The van der Waals surface area contributed by atoms with Gasteiger partial charge < -0.3 is 10.6 Å². The fourth-order valence-corrected chi connectivity index (χ4v) is 2.99. The summed E-state index contributed by atoms with van der Waals surface area (Å²) in [6.07, 6.45) is 1.13. The van der Waals surface area contributed by atoms with Crippen molar-refractivity contribution >= 4 is 27.5 Å². The molecule has 1 atom stereocenters. The standard InChI is InChI=1S/C15H25BrClN3/c1-4-20(9-5-8-19(2)3)15(11-18)13-10-12(16)6-7-14(13)17/h6-7,10,15H,4-5,8-9,11,18H2,1-3H3. The molecule has 0 saturated carbocycles. The number of benzene rings is 1. The van der Waals surface area contributed by atoms with Crippen LogP contribution in [0.15, 0.2) is 22.7 Å². The van der Waals surface area contributed by atoms with Crippen LogP contribution >= 0.6 is 27.5 Å². The molecule has 114 valence electrons. The van der Waals surface area contributed by atoms with Crippen LogP contribution in [0, 0.1) is 0 Å². The zero-order valence-corrected chi connectivity index (χ0v) is 14.9. The monoisotopic (exact) mass is 361 g/mol. The molecule has 1 rings (SSSR count). The average Bonchev–Trinajstić information content (AvgIpc) is 2.41. The van der Waals surface area contributed by atoms with Crippen molar-refractivity contribution in [2.24, 2.45) is 5.73 Å². The SMILES string of the molecule is CCN(CCCN(C)C)C(CN)c1cc(Br)ccc1Cl. The van der Waals surface area contributed by atoms with Crippen LogP contribution in [0.2, 0.25) is 5.02 Å². The molecule has 2 N–H and O–H groups in total. The van der Waals surface area contributed by atoms with E-state index in [1.165, 1.54) is 0 Å². The molecule has 3 nitrogen and oxygen atoms in total. The van der Waals surface area contributed by atoms with Crippen molar-refractivity contribution < 1.29 is 0 Å². The van der Waals surface area contributed by atoms with Gasteiger partial charge in [0.25, 0.3) is 0 Å². The molecule has 5 heteroatoms. The molecule has 1 aromatic carbocycles. The van der Waals surface area contributed by atoms with Crippen LogP contribution in [0.4, 0.5) is 0 Å². The third-order valence-corrected chi connectivity index (χ3v) is 4.28. The van der Waals surface area contributed by atoms with Gasteiger partial charge in [0.2, 0.25) is 0 Å². The normalized spacial score (nSPS) is 13.2. The number of halogens is 2. The van der Waals surface area contributed by atoms with Crippen molar-refractivity contribution in [3.63, 3.8) is 0 Å². The van der Waals surface area contributed by atoms with Gasteiger partial charge in [0, 0.05) is 28.6 Å². The second-order valence-electron chi connectivity index (χ2n) is 5.20. The Bertz CT molecular complexity index is 412. The Morgan fingerprint density at radius 2 is 2.00 bits per heavy atom.